The Morgan fingerprint density at radius 1 is 1.26 bits per heavy atom. The molecule has 0 rings (SSSR count). The minimum atomic E-state index is -1.40. The molecule has 0 aromatic rings. The lowest BCUT2D eigenvalue weighted by molar-refractivity contribution is -0.159. The fourth-order valence-corrected chi connectivity index (χ4v) is 2.99. The van der Waals surface area contributed by atoms with Crippen LogP contribution in [0, 0.1) is 11.8 Å². The molecule has 0 bridgehead atoms. The van der Waals surface area contributed by atoms with E-state index in [4.69, 9.17) is 0 Å². The maximum Gasteiger partial charge on any atom is 0.251 e. The lowest BCUT2D eigenvalue weighted by Gasteiger charge is -2.34. The summed E-state index contributed by atoms with van der Waals surface area (Å²) in [5, 5.41) is 15.3. The predicted molar refractivity (Wildman–Crippen MR) is 105 cm³/mol. The maximum atomic E-state index is 12.8. The average molecular weight is 404 g/mol. The molecule has 1 unspecified atom stereocenters. The standard InChI is InChI=1S/C18H33N3O5S/c1-11(2)9-13(10-14(22)21(25)12(3)4)16(23)20-15(17(24)19-7)18(5,6)27(8)26/h11,13,15,25H,3,9-10H2,1-2,4-8H3,(H,19,24)(H,20,23)/t13-,15+,27?/m1/s1. The van der Waals surface area contributed by atoms with Crippen molar-refractivity contribution in [1.82, 2.24) is 15.7 Å². The van der Waals surface area contributed by atoms with E-state index in [1.54, 1.807) is 13.8 Å². The average Bonchev–Trinajstić information content (AvgIpc) is 2.56. The van der Waals surface area contributed by atoms with Crippen molar-refractivity contribution in [1.29, 1.82) is 0 Å². The second-order valence-corrected chi connectivity index (χ2v) is 9.55. The summed E-state index contributed by atoms with van der Waals surface area (Å²) in [7, 11) is 1.43. The van der Waals surface area contributed by atoms with Gasteiger partial charge in [0.15, 0.2) is 6.04 Å². The van der Waals surface area contributed by atoms with Crippen LogP contribution in [0.15, 0.2) is 12.3 Å². The lowest BCUT2D eigenvalue weighted by Crippen LogP contribution is -2.61. The topological polar surface area (TPSA) is 122 Å². The number of rotatable bonds is 10. The van der Waals surface area contributed by atoms with Crippen LogP contribution in [0.1, 0.15) is 47.5 Å². The number of likely N-dealkylation sites (N-methyl/N-ethyl adjacent to an activating group) is 1. The van der Waals surface area contributed by atoms with Gasteiger partial charge in [-0.05, 0) is 44.3 Å². The number of allylic oxidation sites excluding steroid dienone is 1. The highest BCUT2D eigenvalue weighted by atomic mass is 32.2. The first-order chi connectivity index (χ1) is 12.2. The Kier molecular flexibility index (Phi) is 10.1. The van der Waals surface area contributed by atoms with E-state index in [1.807, 2.05) is 13.8 Å². The molecule has 3 N–H and O–H groups in total. The molecule has 3 atom stereocenters. The van der Waals surface area contributed by atoms with E-state index in [2.05, 4.69) is 17.2 Å². The Morgan fingerprint density at radius 2 is 1.78 bits per heavy atom. The zero-order valence-corrected chi connectivity index (χ0v) is 18.1. The Morgan fingerprint density at radius 3 is 2.15 bits per heavy atom. The van der Waals surface area contributed by atoms with Gasteiger partial charge in [0.1, 0.15) is 4.75 Å². The summed E-state index contributed by atoms with van der Waals surface area (Å²) < 4.78 is 11.1. The molecule has 0 saturated carbocycles. The summed E-state index contributed by atoms with van der Waals surface area (Å²) in [5.41, 5.74) is 0.148. The third kappa shape index (κ3) is 7.51. The fourth-order valence-electron chi connectivity index (χ4n) is 2.49. The minimum absolute atomic E-state index is 0.109. The van der Waals surface area contributed by atoms with Crippen molar-refractivity contribution in [3.63, 3.8) is 0 Å². The highest BCUT2D eigenvalue weighted by Crippen LogP contribution is 2.23. The van der Waals surface area contributed by atoms with Crippen molar-refractivity contribution in [2.24, 2.45) is 11.8 Å². The molecule has 8 nitrogen and oxygen atoms in total. The van der Waals surface area contributed by atoms with Crippen LogP contribution in [0.5, 0.6) is 0 Å². The second-order valence-electron chi connectivity index (χ2n) is 7.58. The number of amides is 3. The summed E-state index contributed by atoms with van der Waals surface area (Å²) in [6.45, 7) is 12.0. The number of hydrogen-bond acceptors (Lipinski definition) is 5. The minimum Gasteiger partial charge on any atom is -0.616 e. The van der Waals surface area contributed by atoms with Gasteiger partial charge in [0.25, 0.3) is 5.91 Å². The van der Waals surface area contributed by atoms with Crippen molar-refractivity contribution < 1.29 is 24.1 Å². The fraction of sp³-hybridized carbons (Fsp3) is 0.722. The van der Waals surface area contributed by atoms with Gasteiger partial charge in [-0.25, -0.2) is 0 Å². The van der Waals surface area contributed by atoms with Crippen molar-refractivity contribution >= 4 is 28.9 Å². The molecule has 0 saturated heterocycles. The normalized spacial score (nSPS) is 14.9. The van der Waals surface area contributed by atoms with E-state index in [-0.39, 0.29) is 18.0 Å². The molecule has 9 heteroatoms. The van der Waals surface area contributed by atoms with Gasteiger partial charge < -0.3 is 15.2 Å². The predicted octanol–water partition coefficient (Wildman–Crippen LogP) is 1.18. The van der Waals surface area contributed by atoms with Crippen molar-refractivity contribution in [3.05, 3.63) is 12.3 Å². The molecular formula is C18H33N3O5S. The molecular weight excluding hydrogens is 370 g/mol. The van der Waals surface area contributed by atoms with Crippen LogP contribution < -0.4 is 10.6 Å². The zero-order valence-electron chi connectivity index (χ0n) is 17.3. The number of carbonyl (C=O) groups is 3. The number of nitrogens with one attached hydrogen (secondary N) is 2. The largest absolute Gasteiger partial charge is 0.616 e. The maximum absolute atomic E-state index is 12.8. The van der Waals surface area contributed by atoms with Crippen LogP contribution in [-0.2, 0) is 25.6 Å². The SMILES string of the molecule is C=C(C)N(O)C(=O)C[C@@H](CC(C)C)C(=O)N[C@@H](C(=O)NC)C(C)(C)[S+](C)[O-]. The van der Waals surface area contributed by atoms with E-state index in [0.29, 0.717) is 11.5 Å². The van der Waals surface area contributed by atoms with Crippen molar-refractivity contribution in [2.45, 2.75) is 58.2 Å². The van der Waals surface area contributed by atoms with Gasteiger partial charge in [-0.3, -0.25) is 19.6 Å². The first-order valence-electron chi connectivity index (χ1n) is 8.78. The number of nitrogens with zero attached hydrogens (tertiary/aromatic N) is 1. The number of hydrogen-bond donors (Lipinski definition) is 3. The second kappa shape index (κ2) is 10.7. The van der Waals surface area contributed by atoms with Crippen molar-refractivity contribution in [2.75, 3.05) is 13.3 Å². The van der Waals surface area contributed by atoms with E-state index < -0.39 is 45.6 Å². The molecule has 0 aliphatic rings. The van der Waals surface area contributed by atoms with Crippen LogP contribution in [0.25, 0.3) is 0 Å². The van der Waals surface area contributed by atoms with Crippen molar-refractivity contribution in [3.8, 4) is 0 Å². The first-order valence-corrected chi connectivity index (χ1v) is 10.3. The van der Waals surface area contributed by atoms with Crippen LogP contribution in [0.4, 0.5) is 0 Å². The van der Waals surface area contributed by atoms with Gasteiger partial charge in [-0.15, -0.1) is 0 Å². The third-order valence-electron chi connectivity index (χ3n) is 4.38. The lowest BCUT2D eigenvalue weighted by atomic mass is 9.91. The van der Waals surface area contributed by atoms with Gasteiger partial charge >= 0.3 is 0 Å². The van der Waals surface area contributed by atoms with E-state index in [0.717, 1.165) is 0 Å². The van der Waals surface area contributed by atoms with Crippen LogP contribution in [0.3, 0.4) is 0 Å². The summed E-state index contributed by atoms with van der Waals surface area (Å²) in [5.74, 6) is -2.27. The molecule has 3 amide bonds. The first kappa shape index (κ1) is 25.4. The van der Waals surface area contributed by atoms with Crippen LogP contribution in [-0.4, -0.2) is 56.6 Å². The summed E-state index contributed by atoms with van der Waals surface area (Å²) >= 11 is -1.40. The van der Waals surface area contributed by atoms with Gasteiger partial charge in [-0.1, -0.05) is 20.4 Å². The number of carbonyl (C=O) groups excluding carboxylic acids is 3. The molecule has 0 aliphatic carbocycles. The highest BCUT2D eigenvalue weighted by molar-refractivity contribution is 7.92. The van der Waals surface area contributed by atoms with Gasteiger partial charge in [0.2, 0.25) is 11.8 Å². The molecule has 0 aliphatic heterocycles. The molecule has 0 radical (unpaired) electrons. The summed E-state index contributed by atoms with van der Waals surface area (Å²) in [4.78, 5) is 37.3. The Labute approximate surface area is 164 Å². The third-order valence-corrected chi connectivity index (χ3v) is 6.09. The van der Waals surface area contributed by atoms with E-state index in [9.17, 15) is 24.1 Å². The summed E-state index contributed by atoms with van der Waals surface area (Å²) in [6.07, 6.45) is 1.62. The molecule has 0 heterocycles. The van der Waals surface area contributed by atoms with Gasteiger partial charge in [0, 0.05) is 25.1 Å². The smallest absolute Gasteiger partial charge is 0.251 e. The monoisotopic (exact) mass is 403 g/mol. The Hall–Kier alpha value is -1.58. The molecule has 156 valence electrons. The van der Waals surface area contributed by atoms with Gasteiger partial charge in [0.05, 0.1) is 6.26 Å². The quantitative estimate of drug-likeness (QED) is 0.287. The Balaban J connectivity index is 5.54. The van der Waals surface area contributed by atoms with Crippen LogP contribution >= 0.6 is 0 Å². The molecule has 27 heavy (non-hydrogen) atoms. The molecule has 0 fully saturated rings. The van der Waals surface area contributed by atoms with Gasteiger partial charge in [-0.2, -0.15) is 5.06 Å². The Bertz CT molecular complexity index is 563. The summed E-state index contributed by atoms with van der Waals surface area (Å²) in [6, 6.07) is -1.03. The molecule has 0 aromatic heterocycles. The number of hydroxylamine groups is 2. The van der Waals surface area contributed by atoms with E-state index in [1.165, 1.54) is 20.2 Å². The molecule has 0 aromatic carbocycles. The van der Waals surface area contributed by atoms with Crippen LogP contribution in [0.2, 0.25) is 0 Å². The zero-order chi connectivity index (χ0) is 21.5. The van der Waals surface area contributed by atoms with E-state index >= 15 is 0 Å². The molecule has 0 spiro atoms. The highest BCUT2D eigenvalue weighted by Gasteiger charge is 2.44.